The smallest absolute Gasteiger partial charge is 0.328 e. The lowest BCUT2D eigenvalue weighted by atomic mass is 9.78. The van der Waals surface area contributed by atoms with E-state index in [9.17, 15) is 47.7 Å². The van der Waals surface area contributed by atoms with E-state index in [2.05, 4.69) is 4.72 Å². The summed E-state index contributed by atoms with van der Waals surface area (Å²) in [5.74, 6) is -9.11. The number of aliphatic hydroxyl groups excluding tert-OH is 2. The van der Waals surface area contributed by atoms with Crippen LogP contribution in [-0.2, 0) is 62.4 Å². The summed E-state index contributed by atoms with van der Waals surface area (Å²) >= 11 is 0. The first-order valence-electron chi connectivity index (χ1n) is 26.2. The number of sulfonamides is 1. The van der Waals surface area contributed by atoms with Gasteiger partial charge in [-0.2, -0.15) is 0 Å². The molecule has 14 atom stereocenters. The number of fused-ring (bicyclic) bond motifs is 2. The Kier molecular flexibility index (Phi) is 24.8. The molecule has 2 saturated heterocycles. The van der Waals surface area contributed by atoms with Crippen molar-refractivity contribution in [3.8, 4) is 0 Å². The lowest BCUT2D eigenvalue weighted by Gasteiger charge is -2.42. The Labute approximate surface area is 433 Å². The second kappa shape index (κ2) is 29.1. The van der Waals surface area contributed by atoms with Crippen LogP contribution >= 0.6 is 0 Å². The van der Waals surface area contributed by atoms with Gasteiger partial charge in [-0.3, -0.25) is 19.2 Å². The number of hydrogen-bond donors (Lipinski definition) is 4. The molecule has 18 nitrogen and oxygen atoms in total. The van der Waals surface area contributed by atoms with Crippen molar-refractivity contribution in [2.24, 2.45) is 35.5 Å². The molecule has 4 N–H and O–H groups in total. The number of hydrogen-bond acceptors (Lipinski definition) is 16. The van der Waals surface area contributed by atoms with Crippen LogP contribution in [0.25, 0.3) is 0 Å². The number of nitrogens with zero attached hydrogens (tertiary/aromatic N) is 1. The van der Waals surface area contributed by atoms with Crippen LogP contribution in [0.5, 0.6) is 0 Å². The summed E-state index contributed by atoms with van der Waals surface area (Å²) < 4.78 is 63.7. The third-order valence-electron chi connectivity index (χ3n) is 15.4. The second-order valence-electron chi connectivity index (χ2n) is 21.1. The number of ketones is 3. The number of aliphatic hydroxyl groups is 3. The molecule has 2 bridgehead atoms. The fourth-order valence-corrected chi connectivity index (χ4v) is 11.1. The molecule has 4 aliphatic rings. The Morgan fingerprint density at radius 3 is 2.26 bits per heavy atom. The lowest BCUT2D eigenvalue weighted by Crippen LogP contribution is -2.59. The number of esters is 1. The SMILES string of the molecule is COC1C(=O)C(C)CC\C=C/C=C\C=C(\C)C(NS(=O)(=O)CCO)C[C@H]2CC[C@H](C)[C@](O)(O2)C(=O)C(=O)N(C)C(C)C(=O)OC([C@H](C)C[C@@H]2CC[C@@H](OCCC3COC3)[C@H](OC)C2)CC(=O)C(C)/C=C(/C)C1O. The van der Waals surface area contributed by atoms with Crippen LogP contribution in [0.1, 0.15) is 119 Å². The van der Waals surface area contributed by atoms with E-state index in [-0.39, 0.29) is 54.9 Å². The van der Waals surface area contributed by atoms with Gasteiger partial charge < -0.3 is 48.6 Å². The van der Waals surface area contributed by atoms with E-state index in [1.165, 1.54) is 21.1 Å². The molecule has 3 aliphatic heterocycles. The van der Waals surface area contributed by atoms with E-state index in [0.717, 1.165) is 37.4 Å². The van der Waals surface area contributed by atoms with Crippen molar-refractivity contribution in [1.82, 2.24) is 9.62 Å². The summed E-state index contributed by atoms with van der Waals surface area (Å²) in [6.45, 7) is 13.1. The van der Waals surface area contributed by atoms with Crippen LogP contribution < -0.4 is 4.72 Å². The van der Waals surface area contributed by atoms with Crippen LogP contribution in [0.4, 0.5) is 0 Å². The van der Waals surface area contributed by atoms with Gasteiger partial charge in [0, 0.05) is 64.0 Å². The van der Waals surface area contributed by atoms with Gasteiger partial charge in [0.2, 0.25) is 15.8 Å². The quantitative estimate of drug-likeness (QED) is 0.111. The highest BCUT2D eigenvalue weighted by Crippen LogP contribution is 2.37. The van der Waals surface area contributed by atoms with Crippen molar-refractivity contribution in [3.63, 3.8) is 0 Å². The third-order valence-corrected chi connectivity index (χ3v) is 16.8. The summed E-state index contributed by atoms with van der Waals surface area (Å²) in [5.41, 5.74) is 0.901. The van der Waals surface area contributed by atoms with E-state index in [4.69, 9.17) is 28.4 Å². The summed E-state index contributed by atoms with van der Waals surface area (Å²) in [6.07, 6.45) is 10.6. The van der Waals surface area contributed by atoms with E-state index in [0.29, 0.717) is 55.8 Å². The molecule has 7 unspecified atom stereocenters. The van der Waals surface area contributed by atoms with Gasteiger partial charge in [-0.05, 0) is 102 Å². The number of carbonyl (C=O) groups is 5. The number of methoxy groups -OCH3 is 2. The average molecular weight is 1050 g/mol. The fraction of sp³-hybridized carbons (Fsp3) is 0.759. The molecule has 1 aliphatic carbocycles. The van der Waals surface area contributed by atoms with E-state index >= 15 is 0 Å². The molecule has 0 aromatic rings. The number of likely N-dealkylation sites (N-methyl/N-ethyl adjacent to an activating group) is 1. The number of allylic oxidation sites excluding steroid dienone is 6. The molecule has 1 saturated carbocycles. The normalized spacial score (nSPS) is 36.8. The molecule has 0 aromatic carbocycles. The number of rotatable bonds is 13. The van der Waals surface area contributed by atoms with Gasteiger partial charge in [0.25, 0.3) is 11.7 Å². The molecular formula is C54H86N2O16S. The Hall–Kier alpha value is -3.50. The average Bonchev–Trinajstić information content (AvgIpc) is 3.33. The zero-order chi connectivity index (χ0) is 54.2. The molecule has 0 spiro atoms. The third kappa shape index (κ3) is 17.8. The minimum absolute atomic E-state index is 0.0430. The van der Waals surface area contributed by atoms with Gasteiger partial charge in [-0.25, -0.2) is 17.9 Å². The van der Waals surface area contributed by atoms with Gasteiger partial charge in [-0.15, -0.1) is 0 Å². The monoisotopic (exact) mass is 1050 g/mol. The van der Waals surface area contributed by atoms with Gasteiger partial charge in [0.05, 0.1) is 43.9 Å². The highest BCUT2D eigenvalue weighted by atomic mass is 32.2. The highest BCUT2D eigenvalue weighted by molar-refractivity contribution is 7.89. The van der Waals surface area contributed by atoms with Gasteiger partial charge in [-0.1, -0.05) is 69.7 Å². The zero-order valence-corrected chi connectivity index (χ0v) is 45.7. The van der Waals surface area contributed by atoms with Gasteiger partial charge >= 0.3 is 5.97 Å². The van der Waals surface area contributed by atoms with Crippen LogP contribution in [0.15, 0.2) is 47.6 Å². The van der Waals surface area contributed by atoms with Gasteiger partial charge in [0.15, 0.2) is 5.78 Å². The predicted octanol–water partition coefficient (Wildman–Crippen LogP) is 4.73. The van der Waals surface area contributed by atoms with Crippen molar-refractivity contribution >= 4 is 39.2 Å². The van der Waals surface area contributed by atoms with E-state index in [1.807, 2.05) is 13.0 Å². The summed E-state index contributed by atoms with van der Waals surface area (Å²) in [4.78, 5) is 71.0. The standard InChI is InChI=1S/C54H86N2O16S/c1-33-16-14-12-11-13-15-17-34(2)48(59)50(68-10)49(60)37(5)26-35(3)44(58)30-46(36(4)27-40-19-21-45(47(28-40)67-9)70-24-22-41-31-69-32-41)71-53(63)39(7)56(8)52(62)51(61)54(64)38(6)18-20-42(72-54)29-43(33)55-73(65,66)25-23-57/h11-14,16,26,34-36,38-43,45-47,49-50,55,57,60,64H,15,17-25,27-32H2,1-10H3/b13-11-,14-12-,33-16-,37-26-/t34?,35?,36-,38+,39?,40+,42-,43?,45-,46?,47-,49?,50?,54+/m1/s1. The number of nitrogens with one attached hydrogen (secondary N) is 1. The number of amides is 1. The first-order valence-corrected chi connectivity index (χ1v) is 27.8. The number of ether oxygens (including phenoxy) is 6. The maximum absolute atomic E-state index is 14.2. The summed E-state index contributed by atoms with van der Waals surface area (Å²) in [5, 5.41) is 32.8. The van der Waals surface area contributed by atoms with E-state index < -0.39 is 100 Å². The Morgan fingerprint density at radius 1 is 0.904 bits per heavy atom. The second-order valence-corrected chi connectivity index (χ2v) is 23.0. The predicted molar refractivity (Wildman–Crippen MR) is 273 cm³/mol. The topological polar surface area (TPSA) is 251 Å². The largest absolute Gasteiger partial charge is 0.460 e. The molecule has 19 heteroatoms. The van der Waals surface area contributed by atoms with Crippen molar-refractivity contribution < 1.29 is 76.1 Å². The van der Waals surface area contributed by atoms with Gasteiger partial charge in [0.1, 0.15) is 30.1 Å². The minimum atomic E-state index is -3.99. The molecular weight excluding hydrogens is 965 g/mol. The molecule has 414 valence electrons. The number of carbonyl (C=O) groups excluding carboxylic acids is 5. The van der Waals surface area contributed by atoms with Crippen molar-refractivity contribution in [2.75, 3.05) is 53.4 Å². The number of cyclic esters (lactones) is 1. The van der Waals surface area contributed by atoms with Crippen LogP contribution in [0, 0.1) is 35.5 Å². The first-order chi connectivity index (χ1) is 34.5. The van der Waals surface area contributed by atoms with Crippen molar-refractivity contribution in [3.05, 3.63) is 47.6 Å². The minimum Gasteiger partial charge on any atom is -0.460 e. The zero-order valence-electron chi connectivity index (χ0n) is 44.9. The lowest BCUT2D eigenvalue weighted by molar-refractivity contribution is -0.263. The maximum Gasteiger partial charge on any atom is 0.328 e. The van der Waals surface area contributed by atoms with Crippen molar-refractivity contribution in [1.29, 1.82) is 0 Å². The molecule has 0 radical (unpaired) electrons. The Bertz CT molecular complexity index is 2090. The van der Waals surface area contributed by atoms with Crippen molar-refractivity contribution in [2.45, 2.75) is 174 Å². The molecule has 73 heavy (non-hydrogen) atoms. The summed E-state index contributed by atoms with van der Waals surface area (Å²) in [6, 6.07) is -2.27. The maximum atomic E-state index is 14.2. The fourth-order valence-electron chi connectivity index (χ4n) is 10.0. The summed E-state index contributed by atoms with van der Waals surface area (Å²) in [7, 11) is 0.250. The first kappa shape index (κ1) is 62.0. The Balaban J connectivity index is 1.65. The Morgan fingerprint density at radius 2 is 1.62 bits per heavy atom. The molecule has 4 rings (SSSR count). The van der Waals surface area contributed by atoms with Crippen LogP contribution in [0.3, 0.4) is 0 Å². The van der Waals surface area contributed by atoms with E-state index in [1.54, 1.807) is 72.1 Å². The number of Topliss-reactive ketones (excluding diaryl/α,β-unsaturated/α-hetero) is 3. The van der Waals surface area contributed by atoms with Crippen LogP contribution in [-0.4, -0.2) is 166 Å². The molecule has 3 heterocycles. The molecule has 3 fully saturated rings. The molecule has 1 amide bonds. The highest BCUT2D eigenvalue weighted by Gasteiger charge is 2.52. The van der Waals surface area contributed by atoms with Crippen LogP contribution in [0.2, 0.25) is 0 Å². The molecule has 0 aromatic heterocycles.